The van der Waals surface area contributed by atoms with Crippen molar-refractivity contribution >= 4 is 27.5 Å². The van der Waals surface area contributed by atoms with Gasteiger partial charge in [-0.1, -0.05) is 27.5 Å². The molecule has 1 N–H and O–H groups in total. The average Bonchev–Trinajstić information content (AvgIpc) is 2.18. The van der Waals surface area contributed by atoms with E-state index in [1.54, 1.807) is 19.1 Å². The Morgan fingerprint density at radius 3 is 2.93 bits per heavy atom. The van der Waals surface area contributed by atoms with E-state index in [9.17, 15) is 5.11 Å². The van der Waals surface area contributed by atoms with Gasteiger partial charge in [-0.2, -0.15) is 0 Å². The molecule has 0 aliphatic rings. The summed E-state index contributed by atoms with van der Waals surface area (Å²) in [5.74, 6) is 5.57. The third kappa shape index (κ3) is 3.02. The van der Waals surface area contributed by atoms with E-state index in [4.69, 9.17) is 11.6 Å². The topological polar surface area (TPSA) is 20.2 Å². The number of aliphatic hydroxyl groups is 1. The Balaban J connectivity index is 2.91. The van der Waals surface area contributed by atoms with Crippen LogP contribution >= 0.6 is 27.5 Å². The first-order valence-electron chi connectivity index (χ1n) is 4.17. The summed E-state index contributed by atoms with van der Waals surface area (Å²) in [6.07, 6.45) is -0.161. The SMILES string of the molecule is CC#CCC(O)c1cc(Cl)ccc1Br. The highest BCUT2D eigenvalue weighted by Gasteiger charge is 2.10. The van der Waals surface area contributed by atoms with Crippen LogP contribution in [0.4, 0.5) is 0 Å². The Kier molecular flexibility index (Phi) is 4.47. The van der Waals surface area contributed by atoms with Crippen molar-refractivity contribution < 1.29 is 5.11 Å². The Labute approximate surface area is 97.2 Å². The predicted octanol–water partition coefficient (Wildman–Crippen LogP) is 3.55. The molecule has 0 spiro atoms. The molecule has 0 amide bonds. The Morgan fingerprint density at radius 2 is 2.29 bits per heavy atom. The van der Waals surface area contributed by atoms with Gasteiger partial charge in [0, 0.05) is 15.9 Å². The lowest BCUT2D eigenvalue weighted by Gasteiger charge is -2.09. The van der Waals surface area contributed by atoms with E-state index in [1.165, 1.54) is 0 Å². The summed E-state index contributed by atoms with van der Waals surface area (Å²) >= 11 is 9.18. The summed E-state index contributed by atoms with van der Waals surface area (Å²) in [4.78, 5) is 0. The summed E-state index contributed by atoms with van der Waals surface area (Å²) in [7, 11) is 0. The fourth-order valence-electron chi connectivity index (χ4n) is 1.08. The number of hydrogen-bond donors (Lipinski definition) is 1. The van der Waals surface area contributed by atoms with Crippen molar-refractivity contribution in [3.8, 4) is 11.8 Å². The highest BCUT2D eigenvalue weighted by molar-refractivity contribution is 9.10. The van der Waals surface area contributed by atoms with Crippen LogP contribution in [-0.2, 0) is 0 Å². The van der Waals surface area contributed by atoms with Crippen molar-refractivity contribution in [1.82, 2.24) is 0 Å². The van der Waals surface area contributed by atoms with Gasteiger partial charge in [0.15, 0.2) is 0 Å². The molecule has 0 aromatic heterocycles. The van der Waals surface area contributed by atoms with Crippen LogP contribution in [0.5, 0.6) is 0 Å². The van der Waals surface area contributed by atoms with Crippen LogP contribution in [0.3, 0.4) is 0 Å². The average molecular weight is 274 g/mol. The summed E-state index contributed by atoms with van der Waals surface area (Å²) in [6, 6.07) is 5.33. The number of aliphatic hydroxyl groups excluding tert-OH is 1. The van der Waals surface area contributed by atoms with E-state index in [2.05, 4.69) is 27.8 Å². The van der Waals surface area contributed by atoms with Crippen LogP contribution in [-0.4, -0.2) is 5.11 Å². The molecular formula is C11H10BrClO. The van der Waals surface area contributed by atoms with Crippen LogP contribution in [0.2, 0.25) is 5.02 Å². The molecule has 0 aliphatic carbocycles. The molecule has 1 atom stereocenters. The van der Waals surface area contributed by atoms with Crippen molar-refractivity contribution in [2.75, 3.05) is 0 Å². The number of rotatable bonds is 2. The molecular weight excluding hydrogens is 263 g/mol. The lowest BCUT2D eigenvalue weighted by molar-refractivity contribution is 0.183. The van der Waals surface area contributed by atoms with Crippen molar-refractivity contribution in [2.45, 2.75) is 19.4 Å². The molecule has 0 heterocycles. The van der Waals surface area contributed by atoms with E-state index < -0.39 is 6.10 Å². The quantitative estimate of drug-likeness (QED) is 0.817. The van der Waals surface area contributed by atoms with E-state index >= 15 is 0 Å². The molecule has 1 unspecified atom stereocenters. The summed E-state index contributed by atoms with van der Waals surface area (Å²) in [6.45, 7) is 1.75. The van der Waals surface area contributed by atoms with E-state index in [1.807, 2.05) is 6.07 Å². The molecule has 3 heteroatoms. The maximum absolute atomic E-state index is 9.77. The van der Waals surface area contributed by atoms with Crippen molar-refractivity contribution in [3.05, 3.63) is 33.3 Å². The van der Waals surface area contributed by atoms with Gasteiger partial charge in [0.25, 0.3) is 0 Å². The molecule has 0 saturated heterocycles. The zero-order valence-corrected chi connectivity index (χ0v) is 10.1. The second-order valence-electron chi connectivity index (χ2n) is 2.81. The Morgan fingerprint density at radius 1 is 1.57 bits per heavy atom. The first kappa shape index (κ1) is 11.6. The molecule has 0 fully saturated rings. The molecule has 74 valence electrons. The summed E-state index contributed by atoms with van der Waals surface area (Å²) in [5.41, 5.74) is 0.778. The molecule has 0 aliphatic heterocycles. The molecule has 0 radical (unpaired) electrons. The minimum Gasteiger partial charge on any atom is -0.387 e. The van der Waals surface area contributed by atoms with Gasteiger partial charge >= 0.3 is 0 Å². The normalized spacial score (nSPS) is 11.7. The summed E-state index contributed by atoms with van der Waals surface area (Å²) < 4.78 is 0.854. The Hall–Kier alpha value is -0.490. The van der Waals surface area contributed by atoms with Gasteiger partial charge in [0.1, 0.15) is 0 Å². The molecule has 1 rings (SSSR count). The minimum absolute atomic E-state index is 0.426. The lowest BCUT2D eigenvalue weighted by Crippen LogP contribution is -1.97. The second kappa shape index (κ2) is 5.41. The fourth-order valence-corrected chi connectivity index (χ4v) is 1.77. The second-order valence-corrected chi connectivity index (χ2v) is 4.10. The van der Waals surface area contributed by atoms with Gasteiger partial charge in [0.05, 0.1) is 6.10 Å². The zero-order chi connectivity index (χ0) is 10.6. The third-order valence-corrected chi connectivity index (χ3v) is 2.75. The van der Waals surface area contributed by atoms with E-state index in [0.717, 1.165) is 10.0 Å². The van der Waals surface area contributed by atoms with Crippen LogP contribution < -0.4 is 0 Å². The molecule has 1 aromatic rings. The van der Waals surface area contributed by atoms with Crippen LogP contribution in [0.25, 0.3) is 0 Å². The Bertz CT molecular complexity index is 379. The van der Waals surface area contributed by atoms with Gasteiger partial charge in [-0.15, -0.1) is 11.8 Å². The number of hydrogen-bond acceptors (Lipinski definition) is 1. The van der Waals surface area contributed by atoms with E-state index in [-0.39, 0.29) is 0 Å². The fraction of sp³-hybridized carbons (Fsp3) is 0.273. The molecule has 1 nitrogen and oxygen atoms in total. The summed E-state index contributed by atoms with van der Waals surface area (Å²) in [5, 5.41) is 10.4. The highest BCUT2D eigenvalue weighted by Crippen LogP contribution is 2.28. The molecule has 0 saturated carbocycles. The monoisotopic (exact) mass is 272 g/mol. The smallest absolute Gasteiger partial charge is 0.0910 e. The van der Waals surface area contributed by atoms with Crippen LogP contribution in [0, 0.1) is 11.8 Å². The molecule has 1 aromatic carbocycles. The first-order chi connectivity index (χ1) is 6.65. The zero-order valence-electron chi connectivity index (χ0n) is 7.72. The lowest BCUT2D eigenvalue weighted by atomic mass is 10.1. The van der Waals surface area contributed by atoms with Gasteiger partial charge in [0.2, 0.25) is 0 Å². The van der Waals surface area contributed by atoms with Crippen LogP contribution in [0.15, 0.2) is 22.7 Å². The number of halogens is 2. The number of benzene rings is 1. The molecule has 0 bridgehead atoms. The van der Waals surface area contributed by atoms with Gasteiger partial charge in [-0.25, -0.2) is 0 Å². The van der Waals surface area contributed by atoms with Crippen molar-refractivity contribution in [2.24, 2.45) is 0 Å². The standard InChI is InChI=1S/C11H10BrClO/c1-2-3-4-11(14)9-7-8(13)5-6-10(9)12/h5-7,11,14H,4H2,1H3. The minimum atomic E-state index is -0.587. The first-order valence-corrected chi connectivity index (χ1v) is 5.35. The van der Waals surface area contributed by atoms with Crippen molar-refractivity contribution in [1.29, 1.82) is 0 Å². The third-order valence-electron chi connectivity index (χ3n) is 1.79. The van der Waals surface area contributed by atoms with E-state index in [0.29, 0.717) is 11.4 Å². The van der Waals surface area contributed by atoms with Gasteiger partial charge in [-0.05, 0) is 30.7 Å². The van der Waals surface area contributed by atoms with Crippen LogP contribution in [0.1, 0.15) is 25.0 Å². The predicted molar refractivity (Wildman–Crippen MR) is 62.2 cm³/mol. The van der Waals surface area contributed by atoms with Gasteiger partial charge in [-0.3, -0.25) is 0 Å². The highest BCUT2D eigenvalue weighted by atomic mass is 79.9. The maximum Gasteiger partial charge on any atom is 0.0910 e. The van der Waals surface area contributed by atoms with Gasteiger partial charge < -0.3 is 5.11 Å². The largest absolute Gasteiger partial charge is 0.387 e. The maximum atomic E-state index is 9.77. The molecule has 14 heavy (non-hydrogen) atoms. The van der Waals surface area contributed by atoms with Crippen molar-refractivity contribution in [3.63, 3.8) is 0 Å².